The summed E-state index contributed by atoms with van der Waals surface area (Å²) < 4.78 is 38.1. The van der Waals surface area contributed by atoms with Crippen LogP contribution in [-0.2, 0) is 0 Å². The predicted molar refractivity (Wildman–Crippen MR) is 74.9 cm³/mol. The van der Waals surface area contributed by atoms with E-state index in [0.29, 0.717) is 13.1 Å². The van der Waals surface area contributed by atoms with Gasteiger partial charge < -0.3 is 10.2 Å². The van der Waals surface area contributed by atoms with Crippen LogP contribution < -0.4 is 10.2 Å². The molecule has 0 bridgehead atoms. The third kappa shape index (κ3) is 3.26. The van der Waals surface area contributed by atoms with E-state index in [1.807, 2.05) is 31.3 Å². The van der Waals surface area contributed by atoms with Crippen molar-refractivity contribution in [1.29, 1.82) is 0 Å². The number of hydrogen-bond acceptors (Lipinski definition) is 2. The maximum absolute atomic E-state index is 12.7. The molecular formula is C15H21F3N2. The summed E-state index contributed by atoms with van der Waals surface area (Å²) >= 11 is 0. The summed E-state index contributed by atoms with van der Waals surface area (Å²) in [5, 5.41) is 3.19. The Bertz CT molecular complexity index is 437. The number of benzene rings is 1. The molecule has 20 heavy (non-hydrogen) atoms. The van der Waals surface area contributed by atoms with Crippen LogP contribution in [0.3, 0.4) is 0 Å². The Kier molecular flexibility index (Phi) is 4.58. The van der Waals surface area contributed by atoms with Crippen LogP contribution >= 0.6 is 0 Å². The van der Waals surface area contributed by atoms with Gasteiger partial charge in [0.25, 0.3) is 0 Å². The van der Waals surface area contributed by atoms with Gasteiger partial charge in [-0.15, -0.1) is 0 Å². The second kappa shape index (κ2) is 6.04. The number of alkyl halides is 3. The van der Waals surface area contributed by atoms with Gasteiger partial charge in [-0.1, -0.05) is 18.2 Å². The third-order valence-electron chi connectivity index (χ3n) is 4.13. The van der Waals surface area contributed by atoms with Gasteiger partial charge in [0.05, 0.1) is 5.92 Å². The summed E-state index contributed by atoms with van der Waals surface area (Å²) in [6.07, 6.45) is -3.68. The smallest absolute Gasteiger partial charge is 0.371 e. The first kappa shape index (κ1) is 15.2. The van der Waals surface area contributed by atoms with Crippen LogP contribution in [-0.4, -0.2) is 26.3 Å². The van der Waals surface area contributed by atoms with Crippen molar-refractivity contribution in [2.75, 3.05) is 25.0 Å². The number of nitrogens with one attached hydrogen (secondary N) is 1. The van der Waals surface area contributed by atoms with Crippen LogP contribution in [0.2, 0.25) is 0 Å². The van der Waals surface area contributed by atoms with Crippen molar-refractivity contribution in [1.82, 2.24) is 5.32 Å². The van der Waals surface area contributed by atoms with E-state index >= 15 is 0 Å². The van der Waals surface area contributed by atoms with Gasteiger partial charge in [0, 0.05) is 24.8 Å². The molecule has 0 radical (unpaired) electrons. The molecule has 1 heterocycles. The standard InChI is InChI=1S/C15H21F3N2/c1-11(19-2)13-5-3-4-6-14(13)20-9-7-12(8-10-20)15(16,17)18/h3-6,11-12,19H,7-10H2,1-2H3. The summed E-state index contributed by atoms with van der Waals surface area (Å²) in [5.41, 5.74) is 2.19. The Hall–Kier alpha value is -1.23. The highest BCUT2D eigenvalue weighted by Crippen LogP contribution is 2.36. The third-order valence-corrected chi connectivity index (χ3v) is 4.13. The zero-order chi connectivity index (χ0) is 14.8. The molecule has 1 atom stereocenters. The zero-order valence-corrected chi connectivity index (χ0v) is 11.9. The SMILES string of the molecule is CNC(C)c1ccccc1N1CCC(C(F)(F)F)CC1. The Morgan fingerprint density at radius 2 is 1.80 bits per heavy atom. The van der Waals surface area contributed by atoms with Gasteiger partial charge >= 0.3 is 6.18 Å². The Morgan fingerprint density at radius 3 is 2.35 bits per heavy atom. The molecule has 5 heteroatoms. The lowest BCUT2D eigenvalue weighted by molar-refractivity contribution is -0.179. The molecule has 2 nitrogen and oxygen atoms in total. The van der Waals surface area contributed by atoms with Crippen molar-refractivity contribution >= 4 is 5.69 Å². The second-order valence-electron chi connectivity index (χ2n) is 5.37. The quantitative estimate of drug-likeness (QED) is 0.910. The fraction of sp³-hybridized carbons (Fsp3) is 0.600. The van der Waals surface area contributed by atoms with Gasteiger partial charge in [0.2, 0.25) is 0 Å². The summed E-state index contributed by atoms with van der Waals surface area (Å²) in [6.45, 7) is 3.00. The number of nitrogens with zero attached hydrogens (tertiary/aromatic N) is 1. The molecule has 1 aromatic carbocycles. The van der Waals surface area contributed by atoms with Crippen molar-refractivity contribution in [2.24, 2.45) is 5.92 Å². The maximum Gasteiger partial charge on any atom is 0.391 e. The molecule has 1 fully saturated rings. The van der Waals surface area contributed by atoms with Crippen LogP contribution in [0.15, 0.2) is 24.3 Å². The van der Waals surface area contributed by atoms with E-state index in [2.05, 4.69) is 17.1 Å². The number of halogens is 3. The van der Waals surface area contributed by atoms with Gasteiger partial charge in [0.1, 0.15) is 0 Å². The largest absolute Gasteiger partial charge is 0.391 e. The topological polar surface area (TPSA) is 15.3 Å². The molecule has 0 aliphatic carbocycles. The van der Waals surface area contributed by atoms with E-state index in [4.69, 9.17) is 0 Å². The van der Waals surface area contributed by atoms with Gasteiger partial charge in [-0.2, -0.15) is 13.2 Å². The average molecular weight is 286 g/mol. The summed E-state index contributed by atoms with van der Waals surface area (Å²) in [7, 11) is 1.89. The van der Waals surface area contributed by atoms with Crippen LogP contribution in [0.25, 0.3) is 0 Å². The van der Waals surface area contributed by atoms with Gasteiger partial charge in [0.15, 0.2) is 0 Å². The number of para-hydroxylation sites is 1. The average Bonchev–Trinajstić information content (AvgIpc) is 2.45. The fourth-order valence-corrected chi connectivity index (χ4v) is 2.74. The molecule has 1 aliphatic heterocycles. The van der Waals surface area contributed by atoms with Gasteiger partial charge in [-0.3, -0.25) is 0 Å². The summed E-state index contributed by atoms with van der Waals surface area (Å²) in [4.78, 5) is 2.07. The number of anilines is 1. The molecule has 1 aliphatic rings. The highest BCUT2D eigenvalue weighted by atomic mass is 19.4. The van der Waals surface area contributed by atoms with E-state index in [9.17, 15) is 13.2 Å². The van der Waals surface area contributed by atoms with Gasteiger partial charge in [-0.05, 0) is 38.4 Å². The van der Waals surface area contributed by atoms with Crippen molar-refractivity contribution in [3.63, 3.8) is 0 Å². The molecule has 1 saturated heterocycles. The van der Waals surface area contributed by atoms with E-state index in [1.165, 1.54) is 0 Å². The maximum atomic E-state index is 12.7. The van der Waals surface area contributed by atoms with E-state index in [0.717, 1.165) is 11.3 Å². The number of piperidine rings is 1. The monoisotopic (exact) mass is 286 g/mol. The molecular weight excluding hydrogens is 265 g/mol. The lowest BCUT2D eigenvalue weighted by Crippen LogP contribution is -2.39. The molecule has 1 aromatic rings. The molecule has 1 unspecified atom stereocenters. The van der Waals surface area contributed by atoms with Crippen LogP contribution in [0.4, 0.5) is 18.9 Å². The summed E-state index contributed by atoms with van der Waals surface area (Å²) in [5.74, 6) is -1.15. The molecule has 112 valence electrons. The Labute approximate surface area is 118 Å². The van der Waals surface area contributed by atoms with Crippen LogP contribution in [0.1, 0.15) is 31.4 Å². The van der Waals surface area contributed by atoms with Crippen molar-refractivity contribution < 1.29 is 13.2 Å². The van der Waals surface area contributed by atoms with Crippen molar-refractivity contribution in [2.45, 2.75) is 32.0 Å². The minimum atomic E-state index is -4.05. The Morgan fingerprint density at radius 1 is 1.20 bits per heavy atom. The molecule has 1 N–H and O–H groups in total. The lowest BCUT2D eigenvalue weighted by atomic mass is 9.95. The van der Waals surface area contributed by atoms with E-state index in [1.54, 1.807) is 0 Å². The zero-order valence-electron chi connectivity index (χ0n) is 11.9. The minimum Gasteiger partial charge on any atom is -0.371 e. The first-order chi connectivity index (χ1) is 9.43. The van der Waals surface area contributed by atoms with Crippen LogP contribution in [0, 0.1) is 5.92 Å². The number of rotatable bonds is 3. The first-order valence-electron chi connectivity index (χ1n) is 7.01. The first-order valence-corrected chi connectivity index (χ1v) is 7.01. The lowest BCUT2D eigenvalue weighted by Gasteiger charge is -2.36. The van der Waals surface area contributed by atoms with Crippen molar-refractivity contribution in [3.05, 3.63) is 29.8 Å². The fourth-order valence-electron chi connectivity index (χ4n) is 2.74. The highest BCUT2D eigenvalue weighted by Gasteiger charge is 2.41. The van der Waals surface area contributed by atoms with Gasteiger partial charge in [-0.25, -0.2) is 0 Å². The second-order valence-corrected chi connectivity index (χ2v) is 5.37. The minimum absolute atomic E-state index is 0.186. The number of hydrogen-bond donors (Lipinski definition) is 1. The molecule has 0 aromatic heterocycles. The van der Waals surface area contributed by atoms with E-state index in [-0.39, 0.29) is 18.9 Å². The summed E-state index contributed by atoms with van der Waals surface area (Å²) in [6, 6.07) is 8.13. The predicted octanol–water partition coefficient (Wildman–Crippen LogP) is 3.75. The normalized spacial score (nSPS) is 19.1. The molecule has 0 spiro atoms. The van der Waals surface area contributed by atoms with E-state index < -0.39 is 12.1 Å². The highest BCUT2D eigenvalue weighted by molar-refractivity contribution is 5.55. The Balaban J connectivity index is 2.11. The van der Waals surface area contributed by atoms with Crippen molar-refractivity contribution in [3.8, 4) is 0 Å². The molecule has 0 saturated carbocycles. The molecule has 0 amide bonds. The van der Waals surface area contributed by atoms with Crippen LogP contribution in [0.5, 0.6) is 0 Å². The molecule has 2 rings (SSSR count).